The SMILES string of the molecule is C=C(C)COc1ccc(C2(C)NC(=O)N(C(C)C(=O)OCC(C)C)C2=O)cc1. The van der Waals surface area contributed by atoms with Gasteiger partial charge >= 0.3 is 12.0 Å². The quantitative estimate of drug-likeness (QED) is 0.420. The third-order valence-corrected chi connectivity index (χ3v) is 4.43. The van der Waals surface area contributed by atoms with Crippen molar-refractivity contribution >= 4 is 17.9 Å². The molecule has 0 aromatic heterocycles. The molecule has 152 valence electrons. The molecule has 1 saturated heterocycles. The molecule has 7 nitrogen and oxygen atoms in total. The fourth-order valence-corrected chi connectivity index (χ4v) is 2.77. The smallest absolute Gasteiger partial charge is 0.329 e. The summed E-state index contributed by atoms with van der Waals surface area (Å²) in [6, 6.07) is 5.27. The van der Waals surface area contributed by atoms with Crippen molar-refractivity contribution in [1.29, 1.82) is 0 Å². The Bertz CT molecular complexity index is 772. The van der Waals surface area contributed by atoms with Crippen molar-refractivity contribution in [3.63, 3.8) is 0 Å². The largest absolute Gasteiger partial charge is 0.489 e. The van der Waals surface area contributed by atoms with Gasteiger partial charge in [-0.05, 0) is 50.0 Å². The van der Waals surface area contributed by atoms with E-state index in [2.05, 4.69) is 11.9 Å². The number of hydrogen-bond donors (Lipinski definition) is 1. The number of nitrogens with zero attached hydrogens (tertiary/aromatic N) is 1. The second-order valence-corrected chi connectivity index (χ2v) is 7.70. The van der Waals surface area contributed by atoms with E-state index in [0.29, 0.717) is 17.9 Å². The minimum Gasteiger partial charge on any atom is -0.489 e. The summed E-state index contributed by atoms with van der Waals surface area (Å²) in [6.07, 6.45) is 0. The molecular formula is C21H28N2O5. The summed E-state index contributed by atoms with van der Waals surface area (Å²) < 4.78 is 10.7. The third kappa shape index (κ3) is 4.52. The third-order valence-electron chi connectivity index (χ3n) is 4.43. The standard InChI is InChI=1S/C21H28N2O5/c1-13(2)11-27-17-9-7-16(8-10-17)21(6)19(25)23(20(26)22-21)15(5)18(24)28-12-14(3)4/h7-10,14-15H,1,11-12H2,2-6H3,(H,22,26). The molecule has 0 spiro atoms. The number of ether oxygens (including phenoxy) is 2. The molecule has 0 saturated carbocycles. The fourth-order valence-electron chi connectivity index (χ4n) is 2.77. The van der Waals surface area contributed by atoms with E-state index in [1.54, 1.807) is 31.2 Å². The summed E-state index contributed by atoms with van der Waals surface area (Å²) >= 11 is 0. The molecule has 3 amide bonds. The van der Waals surface area contributed by atoms with Crippen LogP contribution in [0.5, 0.6) is 5.75 Å². The normalized spacial score (nSPS) is 20.1. The summed E-state index contributed by atoms with van der Waals surface area (Å²) in [6.45, 7) is 13.2. The van der Waals surface area contributed by atoms with Crippen molar-refractivity contribution in [3.8, 4) is 5.75 Å². The average molecular weight is 388 g/mol. The molecule has 0 aliphatic carbocycles. The lowest BCUT2D eigenvalue weighted by Crippen LogP contribution is -2.46. The molecule has 1 aromatic carbocycles. The van der Waals surface area contributed by atoms with Crippen LogP contribution in [0.2, 0.25) is 0 Å². The van der Waals surface area contributed by atoms with Crippen molar-refractivity contribution in [2.45, 2.75) is 46.2 Å². The second kappa shape index (κ2) is 8.46. The number of rotatable bonds is 8. The fraction of sp³-hybridized carbons (Fsp3) is 0.476. The lowest BCUT2D eigenvalue weighted by molar-refractivity contribution is -0.153. The molecule has 7 heteroatoms. The molecule has 0 radical (unpaired) electrons. The number of carbonyl (C=O) groups excluding carboxylic acids is 3. The molecule has 1 aliphatic rings. The Kier molecular flexibility index (Phi) is 6.48. The van der Waals surface area contributed by atoms with E-state index in [4.69, 9.17) is 9.47 Å². The van der Waals surface area contributed by atoms with Gasteiger partial charge in [0.15, 0.2) is 0 Å². The number of nitrogens with one attached hydrogen (secondary N) is 1. The zero-order chi connectivity index (χ0) is 21.1. The van der Waals surface area contributed by atoms with E-state index in [0.717, 1.165) is 10.5 Å². The minimum atomic E-state index is -1.27. The maximum atomic E-state index is 13.0. The van der Waals surface area contributed by atoms with E-state index in [-0.39, 0.29) is 12.5 Å². The summed E-state index contributed by atoms with van der Waals surface area (Å²) in [5.74, 6) is -0.308. The molecule has 1 fully saturated rings. The predicted octanol–water partition coefficient (Wildman–Crippen LogP) is 3.00. The summed E-state index contributed by atoms with van der Waals surface area (Å²) in [5.41, 5.74) is 0.221. The first kappa shape index (κ1) is 21.5. The Morgan fingerprint density at radius 1 is 1.21 bits per heavy atom. The highest BCUT2D eigenvalue weighted by atomic mass is 16.5. The van der Waals surface area contributed by atoms with E-state index >= 15 is 0 Å². The molecule has 1 aromatic rings. The molecule has 2 rings (SSSR count). The van der Waals surface area contributed by atoms with Crippen LogP contribution in [0.3, 0.4) is 0 Å². The monoisotopic (exact) mass is 388 g/mol. The Morgan fingerprint density at radius 3 is 2.36 bits per heavy atom. The highest BCUT2D eigenvalue weighted by Gasteiger charge is 2.52. The van der Waals surface area contributed by atoms with Gasteiger partial charge in [0, 0.05) is 0 Å². The molecular weight excluding hydrogens is 360 g/mol. The Morgan fingerprint density at radius 2 is 1.82 bits per heavy atom. The van der Waals surface area contributed by atoms with Gasteiger partial charge in [0.1, 0.15) is 23.9 Å². The van der Waals surface area contributed by atoms with E-state index in [1.807, 2.05) is 20.8 Å². The van der Waals surface area contributed by atoms with Gasteiger partial charge in [-0.1, -0.05) is 32.6 Å². The number of carbonyl (C=O) groups is 3. The van der Waals surface area contributed by atoms with Gasteiger partial charge in [0.05, 0.1) is 6.61 Å². The highest BCUT2D eigenvalue weighted by molar-refractivity contribution is 6.09. The van der Waals surface area contributed by atoms with E-state index in [9.17, 15) is 14.4 Å². The molecule has 1 N–H and O–H groups in total. The topological polar surface area (TPSA) is 84.9 Å². The van der Waals surface area contributed by atoms with Gasteiger partial charge in [-0.25, -0.2) is 14.5 Å². The molecule has 2 unspecified atom stereocenters. The van der Waals surface area contributed by atoms with Crippen LogP contribution in [0.25, 0.3) is 0 Å². The zero-order valence-corrected chi connectivity index (χ0v) is 17.1. The number of amides is 3. The Balaban J connectivity index is 2.16. The van der Waals surface area contributed by atoms with E-state index in [1.165, 1.54) is 6.92 Å². The lowest BCUT2D eigenvalue weighted by Gasteiger charge is -2.24. The maximum absolute atomic E-state index is 13.0. The molecule has 2 atom stereocenters. The average Bonchev–Trinajstić information content (AvgIpc) is 2.87. The number of urea groups is 1. The second-order valence-electron chi connectivity index (χ2n) is 7.70. The van der Waals surface area contributed by atoms with Crippen molar-refractivity contribution in [1.82, 2.24) is 10.2 Å². The number of imide groups is 1. The van der Waals surface area contributed by atoms with Crippen LogP contribution in [0.1, 0.15) is 40.2 Å². The first-order valence-corrected chi connectivity index (χ1v) is 9.26. The number of esters is 1. The highest BCUT2D eigenvalue weighted by Crippen LogP contribution is 2.31. The van der Waals surface area contributed by atoms with Crippen LogP contribution >= 0.6 is 0 Å². The van der Waals surface area contributed by atoms with E-state index < -0.39 is 29.5 Å². The Hall–Kier alpha value is -2.83. The Labute approximate surface area is 165 Å². The number of hydrogen-bond acceptors (Lipinski definition) is 5. The van der Waals surface area contributed by atoms with Crippen LogP contribution in [-0.4, -0.2) is 42.1 Å². The van der Waals surface area contributed by atoms with Crippen molar-refractivity contribution < 1.29 is 23.9 Å². The van der Waals surface area contributed by atoms with Gasteiger partial charge in [-0.2, -0.15) is 0 Å². The van der Waals surface area contributed by atoms with Gasteiger partial charge in [0.25, 0.3) is 5.91 Å². The number of benzene rings is 1. The van der Waals surface area contributed by atoms with Crippen molar-refractivity contribution in [2.75, 3.05) is 13.2 Å². The van der Waals surface area contributed by atoms with Gasteiger partial charge in [-0.3, -0.25) is 4.79 Å². The zero-order valence-electron chi connectivity index (χ0n) is 17.1. The van der Waals surface area contributed by atoms with Crippen molar-refractivity contribution in [2.24, 2.45) is 5.92 Å². The summed E-state index contributed by atoms with van der Waals surface area (Å²) in [7, 11) is 0. The first-order valence-electron chi connectivity index (χ1n) is 9.26. The summed E-state index contributed by atoms with van der Waals surface area (Å²) in [4.78, 5) is 38.6. The molecule has 0 bridgehead atoms. The molecule has 1 heterocycles. The van der Waals surface area contributed by atoms with Crippen LogP contribution in [0.15, 0.2) is 36.4 Å². The van der Waals surface area contributed by atoms with Gasteiger partial charge < -0.3 is 14.8 Å². The predicted molar refractivity (Wildman–Crippen MR) is 105 cm³/mol. The maximum Gasteiger partial charge on any atom is 0.329 e. The summed E-state index contributed by atoms with van der Waals surface area (Å²) in [5, 5.41) is 2.69. The molecule has 28 heavy (non-hydrogen) atoms. The van der Waals surface area contributed by atoms with Crippen LogP contribution in [0, 0.1) is 5.92 Å². The first-order chi connectivity index (χ1) is 13.1. The van der Waals surface area contributed by atoms with Crippen LogP contribution in [0.4, 0.5) is 4.79 Å². The van der Waals surface area contributed by atoms with Gasteiger partial charge in [0.2, 0.25) is 0 Å². The lowest BCUT2D eigenvalue weighted by atomic mass is 9.92. The van der Waals surface area contributed by atoms with Crippen molar-refractivity contribution in [3.05, 3.63) is 42.0 Å². The minimum absolute atomic E-state index is 0.162. The van der Waals surface area contributed by atoms with Crippen LogP contribution in [-0.2, 0) is 19.9 Å². The van der Waals surface area contributed by atoms with Gasteiger partial charge in [-0.15, -0.1) is 0 Å². The van der Waals surface area contributed by atoms with Crippen LogP contribution < -0.4 is 10.1 Å². The molecule has 1 aliphatic heterocycles.